The number of amides is 2. The SMILES string of the molecule is CSC(C)CCNC(=O)Nc1ccc(C(=O)O)c(C)c1. The Kier molecular flexibility index (Phi) is 6.38. The first-order valence-corrected chi connectivity index (χ1v) is 7.64. The Balaban J connectivity index is 2.50. The van der Waals surface area contributed by atoms with Crippen molar-refractivity contribution in [1.82, 2.24) is 5.32 Å². The topological polar surface area (TPSA) is 78.4 Å². The van der Waals surface area contributed by atoms with E-state index in [1.807, 2.05) is 6.26 Å². The first kappa shape index (κ1) is 16.4. The van der Waals surface area contributed by atoms with Crippen LogP contribution >= 0.6 is 11.8 Å². The number of aromatic carboxylic acids is 1. The lowest BCUT2D eigenvalue weighted by molar-refractivity contribution is 0.0696. The Morgan fingerprint density at radius 2 is 2.10 bits per heavy atom. The highest BCUT2D eigenvalue weighted by Crippen LogP contribution is 2.15. The Morgan fingerprint density at radius 3 is 2.65 bits per heavy atom. The second kappa shape index (κ2) is 7.79. The third-order valence-electron chi connectivity index (χ3n) is 2.95. The smallest absolute Gasteiger partial charge is 0.335 e. The molecule has 1 aromatic rings. The molecule has 0 fully saturated rings. The van der Waals surface area contributed by atoms with Gasteiger partial charge in [0, 0.05) is 17.5 Å². The standard InChI is InChI=1S/C14H20N2O3S/c1-9-8-11(4-5-12(9)13(17)18)16-14(19)15-7-6-10(2)20-3/h4-5,8,10H,6-7H2,1-3H3,(H,17,18)(H2,15,16,19). The molecule has 6 heteroatoms. The number of anilines is 1. The first-order valence-electron chi connectivity index (χ1n) is 6.35. The molecule has 0 spiro atoms. The Labute approximate surface area is 123 Å². The number of urea groups is 1. The monoisotopic (exact) mass is 296 g/mol. The van der Waals surface area contributed by atoms with Crippen molar-refractivity contribution < 1.29 is 14.7 Å². The fourth-order valence-electron chi connectivity index (χ4n) is 1.66. The van der Waals surface area contributed by atoms with E-state index in [0.717, 1.165) is 6.42 Å². The van der Waals surface area contributed by atoms with Crippen molar-refractivity contribution in [3.63, 3.8) is 0 Å². The van der Waals surface area contributed by atoms with Gasteiger partial charge in [0.15, 0.2) is 0 Å². The Hall–Kier alpha value is -1.69. The maximum atomic E-state index is 11.7. The van der Waals surface area contributed by atoms with Crippen LogP contribution in [-0.4, -0.2) is 35.2 Å². The fourth-order valence-corrected chi connectivity index (χ4v) is 2.02. The number of carboxylic acid groups (broad SMARTS) is 1. The summed E-state index contributed by atoms with van der Waals surface area (Å²) in [5.41, 5.74) is 1.44. The van der Waals surface area contributed by atoms with Crippen LogP contribution in [0.2, 0.25) is 0 Å². The second-order valence-electron chi connectivity index (χ2n) is 4.55. The molecular formula is C14H20N2O3S. The third kappa shape index (κ3) is 5.13. The maximum absolute atomic E-state index is 11.7. The minimum absolute atomic E-state index is 0.241. The summed E-state index contributed by atoms with van der Waals surface area (Å²) in [6.07, 6.45) is 2.95. The quantitative estimate of drug-likeness (QED) is 0.754. The third-order valence-corrected chi connectivity index (χ3v) is 3.99. The number of carbonyl (C=O) groups excluding carboxylic acids is 1. The summed E-state index contributed by atoms with van der Waals surface area (Å²) >= 11 is 1.76. The Bertz CT molecular complexity index is 491. The van der Waals surface area contributed by atoms with Gasteiger partial charge in [-0.05, 0) is 43.4 Å². The van der Waals surface area contributed by atoms with Crippen molar-refractivity contribution in [1.29, 1.82) is 0 Å². The molecule has 0 bridgehead atoms. The van der Waals surface area contributed by atoms with Crippen LogP contribution in [0.15, 0.2) is 18.2 Å². The molecule has 1 atom stereocenters. The van der Waals surface area contributed by atoms with Gasteiger partial charge in [0.05, 0.1) is 5.56 Å². The Morgan fingerprint density at radius 1 is 1.40 bits per heavy atom. The summed E-state index contributed by atoms with van der Waals surface area (Å²) in [4.78, 5) is 22.6. The van der Waals surface area contributed by atoms with E-state index in [0.29, 0.717) is 23.0 Å². The molecule has 20 heavy (non-hydrogen) atoms. The molecular weight excluding hydrogens is 276 g/mol. The van der Waals surface area contributed by atoms with Gasteiger partial charge in [0.2, 0.25) is 0 Å². The number of nitrogens with one attached hydrogen (secondary N) is 2. The molecule has 3 N–H and O–H groups in total. The van der Waals surface area contributed by atoms with Gasteiger partial charge in [0.25, 0.3) is 0 Å². The predicted molar refractivity (Wildman–Crippen MR) is 82.8 cm³/mol. The van der Waals surface area contributed by atoms with Gasteiger partial charge in [-0.2, -0.15) is 11.8 Å². The van der Waals surface area contributed by atoms with Gasteiger partial charge in [-0.1, -0.05) is 6.92 Å². The zero-order valence-electron chi connectivity index (χ0n) is 11.9. The van der Waals surface area contributed by atoms with Crippen molar-refractivity contribution in [2.75, 3.05) is 18.1 Å². The molecule has 5 nitrogen and oxygen atoms in total. The van der Waals surface area contributed by atoms with Crippen molar-refractivity contribution in [2.24, 2.45) is 0 Å². The van der Waals surface area contributed by atoms with Gasteiger partial charge in [0.1, 0.15) is 0 Å². The molecule has 0 saturated heterocycles. The lowest BCUT2D eigenvalue weighted by atomic mass is 10.1. The molecule has 110 valence electrons. The molecule has 2 amide bonds. The summed E-state index contributed by atoms with van der Waals surface area (Å²) in [6, 6.07) is 4.44. The zero-order chi connectivity index (χ0) is 15.1. The molecule has 0 aromatic heterocycles. The van der Waals surface area contributed by atoms with Crippen LogP contribution in [0.25, 0.3) is 0 Å². The van der Waals surface area contributed by atoms with Crippen molar-refractivity contribution in [3.05, 3.63) is 29.3 Å². The van der Waals surface area contributed by atoms with Gasteiger partial charge in [-0.25, -0.2) is 9.59 Å². The second-order valence-corrected chi connectivity index (χ2v) is 5.83. The number of rotatable bonds is 6. The highest BCUT2D eigenvalue weighted by atomic mass is 32.2. The van der Waals surface area contributed by atoms with Crippen molar-refractivity contribution in [3.8, 4) is 0 Å². The predicted octanol–water partition coefficient (Wildman–Crippen LogP) is 2.96. The summed E-state index contributed by atoms with van der Waals surface area (Å²) < 4.78 is 0. The number of hydrogen-bond acceptors (Lipinski definition) is 3. The van der Waals surface area contributed by atoms with Crippen LogP contribution in [0.1, 0.15) is 29.3 Å². The highest BCUT2D eigenvalue weighted by molar-refractivity contribution is 7.99. The van der Waals surface area contributed by atoms with E-state index in [-0.39, 0.29) is 11.6 Å². The number of carbonyl (C=O) groups is 2. The molecule has 0 aliphatic rings. The number of carboxylic acids is 1. The van der Waals surface area contributed by atoms with Crippen LogP contribution in [0, 0.1) is 6.92 Å². The average molecular weight is 296 g/mol. The summed E-state index contributed by atoms with van der Waals surface area (Å²) in [7, 11) is 0. The summed E-state index contributed by atoms with van der Waals surface area (Å²) in [6.45, 7) is 4.42. The number of thioether (sulfide) groups is 1. The van der Waals surface area contributed by atoms with E-state index in [9.17, 15) is 9.59 Å². The minimum Gasteiger partial charge on any atom is -0.478 e. The van der Waals surface area contributed by atoms with Crippen LogP contribution < -0.4 is 10.6 Å². The van der Waals surface area contributed by atoms with E-state index in [2.05, 4.69) is 17.6 Å². The molecule has 1 unspecified atom stereocenters. The van der Waals surface area contributed by atoms with Crippen LogP contribution in [0.5, 0.6) is 0 Å². The maximum Gasteiger partial charge on any atom is 0.335 e. The molecule has 0 aliphatic heterocycles. The lowest BCUT2D eigenvalue weighted by Gasteiger charge is -2.11. The van der Waals surface area contributed by atoms with Crippen LogP contribution in [0.4, 0.5) is 10.5 Å². The van der Waals surface area contributed by atoms with Gasteiger partial charge in [-0.15, -0.1) is 0 Å². The van der Waals surface area contributed by atoms with E-state index in [4.69, 9.17) is 5.11 Å². The number of benzene rings is 1. The van der Waals surface area contributed by atoms with Gasteiger partial charge < -0.3 is 15.7 Å². The van der Waals surface area contributed by atoms with E-state index >= 15 is 0 Å². The van der Waals surface area contributed by atoms with Crippen molar-refractivity contribution >= 4 is 29.4 Å². The molecule has 0 aliphatic carbocycles. The largest absolute Gasteiger partial charge is 0.478 e. The normalized spacial score (nSPS) is 11.8. The molecule has 0 saturated carbocycles. The molecule has 1 rings (SSSR count). The first-order chi connectivity index (χ1) is 9.43. The molecule has 0 radical (unpaired) electrons. The average Bonchev–Trinajstić information content (AvgIpc) is 2.38. The summed E-state index contributed by atoms with van der Waals surface area (Å²) in [5, 5.41) is 14.9. The van der Waals surface area contributed by atoms with E-state index in [1.54, 1.807) is 30.8 Å². The lowest BCUT2D eigenvalue weighted by Crippen LogP contribution is -2.30. The number of aryl methyl sites for hydroxylation is 1. The fraction of sp³-hybridized carbons (Fsp3) is 0.429. The van der Waals surface area contributed by atoms with Crippen molar-refractivity contribution in [2.45, 2.75) is 25.5 Å². The molecule has 0 heterocycles. The van der Waals surface area contributed by atoms with E-state index in [1.165, 1.54) is 6.07 Å². The summed E-state index contributed by atoms with van der Waals surface area (Å²) in [5.74, 6) is -0.968. The minimum atomic E-state index is -0.968. The molecule has 1 aromatic carbocycles. The van der Waals surface area contributed by atoms with Crippen LogP contribution in [0.3, 0.4) is 0 Å². The highest BCUT2D eigenvalue weighted by Gasteiger charge is 2.08. The van der Waals surface area contributed by atoms with Gasteiger partial charge >= 0.3 is 12.0 Å². The van der Waals surface area contributed by atoms with Gasteiger partial charge in [-0.3, -0.25) is 0 Å². The number of hydrogen-bond donors (Lipinski definition) is 3. The van der Waals surface area contributed by atoms with E-state index < -0.39 is 5.97 Å². The zero-order valence-corrected chi connectivity index (χ0v) is 12.7. The van der Waals surface area contributed by atoms with Crippen LogP contribution in [-0.2, 0) is 0 Å².